The van der Waals surface area contributed by atoms with E-state index in [-0.39, 0.29) is 24.0 Å². The highest BCUT2D eigenvalue weighted by molar-refractivity contribution is 6.17. The molecule has 132 valence electrons. The zero-order chi connectivity index (χ0) is 17.1. The highest BCUT2D eigenvalue weighted by Crippen LogP contribution is 2.48. The predicted molar refractivity (Wildman–Crippen MR) is 88.2 cm³/mol. The van der Waals surface area contributed by atoms with Crippen molar-refractivity contribution < 1.29 is 19.1 Å². The first kappa shape index (κ1) is 18.4. The third kappa shape index (κ3) is 4.31. The van der Waals surface area contributed by atoms with Crippen LogP contribution in [0.2, 0.25) is 0 Å². The number of alkyl halides is 1. The van der Waals surface area contributed by atoms with Crippen molar-refractivity contribution in [1.82, 2.24) is 4.90 Å². The Kier molecular flexibility index (Phi) is 5.82. The van der Waals surface area contributed by atoms with Crippen LogP contribution >= 0.6 is 11.6 Å². The Balaban J connectivity index is 2.09. The van der Waals surface area contributed by atoms with Gasteiger partial charge in [0.1, 0.15) is 5.60 Å². The minimum atomic E-state index is -0.507. The van der Waals surface area contributed by atoms with Gasteiger partial charge >= 0.3 is 12.1 Å². The molecular weight excluding hydrogens is 318 g/mol. The molecular formula is C17H28ClNO4. The molecule has 2 fully saturated rings. The van der Waals surface area contributed by atoms with Gasteiger partial charge in [-0.05, 0) is 52.4 Å². The summed E-state index contributed by atoms with van der Waals surface area (Å²) in [5, 5.41) is 0. The number of ether oxygens (including phenoxy) is 2. The third-order valence-electron chi connectivity index (χ3n) is 4.94. The summed E-state index contributed by atoms with van der Waals surface area (Å²) in [5.41, 5.74) is -0.984. The number of carbonyl (C=O) groups is 2. The van der Waals surface area contributed by atoms with Gasteiger partial charge in [-0.25, -0.2) is 4.79 Å². The number of esters is 1. The highest BCUT2D eigenvalue weighted by atomic mass is 35.5. The van der Waals surface area contributed by atoms with Crippen LogP contribution in [0.3, 0.4) is 0 Å². The van der Waals surface area contributed by atoms with Gasteiger partial charge in [0.25, 0.3) is 0 Å². The molecule has 6 heteroatoms. The standard InChI is InChI=1S/C17H28ClNO4/c1-16(2,3)23-15(21)19-10-6-7-13(11-19)17(8-4-5-9-17)14(20)22-12-18/h13H,4-12H2,1-3H3. The van der Waals surface area contributed by atoms with Crippen LogP contribution in [-0.4, -0.2) is 41.7 Å². The molecule has 1 atom stereocenters. The van der Waals surface area contributed by atoms with Crippen LogP contribution in [0.5, 0.6) is 0 Å². The van der Waals surface area contributed by atoms with Crippen LogP contribution in [0, 0.1) is 11.3 Å². The zero-order valence-electron chi connectivity index (χ0n) is 14.4. The molecule has 0 N–H and O–H groups in total. The van der Waals surface area contributed by atoms with Crippen LogP contribution in [0.25, 0.3) is 0 Å². The molecule has 23 heavy (non-hydrogen) atoms. The lowest BCUT2D eigenvalue weighted by molar-refractivity contribution is -0.158. The van der Waals surface area contributed by atoms with Gasteiger partial charge in [-0.3, -0.25) is 4.79 Å². The summed E-state index contributed by atoms with van der Waals surface area (Å²) in [5.74, 6) is -0.0666. The first-order valence-electron chi connectivity index (χ1n) is 8.49. The fourth-order valence-electron chi connectivity index (χ4n) is 3.90. The Morgan fingerprint density at radius 1 is 1.22 bits per heavy atom. The van der Waals surface area contributed by atoms with Crippen LogP contribution in [0.15, 0.2) is 0 Å². The SMILES string of the molecule is CC(C)(C)OC(=O)N1CCCC(C2(C(=O)OCCl)CCCC2)C1. The second-order valence-corrected chi connectivity index (χ2v) is 7.89. The fraction of sp³-hybridized carbons (Fsp3) is 0.882. The molecule has 1 amide bonds. The second kappa shape index (κ2) is 7.29. The average molecular weight is 346 g/mol. The molecule has 5 nitrogen and oxygen atoms in total. The molecule has 1 heterocycles. The van der Waals surface area contributed by atoms with E-state index in [2.05, 4.69) is 0 Å². The van der Waals surface area contributed by atoms with E-state index in [9.17, 15) is 9.59 Å². The highest BCUT2D eigenvalue weighted by Gasteiger charge is 2.50. The summed E-state index contributed by atoms with van der Waals surface area (Å²) in [7, 11) is 0. The Morgan fingerprint density at radius 3 is 2.43 bits per heavy atom. The van der Waals surface area contributed by atoms with Crippen molar-refractivity contribution >= 4 is 23.7 Å². The lowest BCUT2D eigenvalue weighted by Gasteiger charge is -2.41. The van der Waals surface area contributed by atoms with E-state index >= 15 is 0 Å². The molecule has 2 rings (SSSR count). The van der Waals surface area contributed by atoms with Crippen LogP contribution in [0.4, 0.5) is 4.79 Å². The summed E-state index contributed by atoms with van der Waals surface area (Å²) in [4.78, 5) is 26.6. The fourth-order valence-corrected chi connectivity index (χ4v) is 4.00. The molecule has 1 saturated carbocycles. The lowest BCUT2D eigenvalue weighted by Crippen LogP contribution is -2.49. The molecule has 1 aliphatic heterocycles. The summed E-state index contributed by atoms with van der Waals surface area (Å²) in [6.07, 6.45) is 5.25. The summed E-state index contributed by atoms with van der Waals surface area (Å²) in [6.45, 7) is 6.84. The number of rotatable bonds is 3. The molecule has 1 unspecified atom stereocenters. The Hall–Kier alpha value is -0.970. The molecule has 0 spiro atoms. The van der Waals surface area contributed by atoms with E-state index in [1.807, 2.05) is 20.8 Å². The predicted octanol–water partition coefficient (Wildman–Crippen LogP) is 3.93. The van der Waals surface area contributed by atoms with E-state index in [4.69, 9.17) is 21.1 Å². The van der Waals surface area contributed by atoms with Gasteiger partial charge in [0, 0.05) is 13.1 Å². The van der Waals surface area contributed by atoms with Crippen molar-refractivity contribution in [1.29, 1.82) is 0 Å². The van der Waals surface area contributed by atoms with Crippen molar-refractivity contribution in [3.8, 4) is 0 Å². The minimum Gasteiger partial charge on any atom is -0.449 e. The summed E-state index contributed by atoms with van der Waals surface area (Å²) in [6, 6.07) is -0.108. The number of hydrogen-bond donors (Lipinski definition) is 0. The summed E-state index contributed by atoms with van der Waals surface area (Å²) >= 11 is 5.60. The minimum absolute atomic E-state index is 0.108. The topological polar surface area (TPSA) is 55.8 Å². The number of nitrogens with zero attached hydrogens (tertiary/aromatic N) is 1. The molecule has 2 aliphatic rings. The number of halogens is 1. The van der Waals surface area contributed by atoms with Gasteiger partial charge in [0.15, 0.2) is 6.07 Å². The number of amides is 1. The molecule has 1 aliphatic carbocycles. The monoisotopic (exact) mass is 345 g/mol. The van der Waals surface area contributed by atoms with Crippen molar-refractivity contribution in [3.05, 3.63) is 0 Å². The van der Waals surface area contributed by atoms with Crippen LogP contribution in [0.1, 0.15) is 59.3 Å². The number of hydrogen-bond acceptors (Lipinski definition) is 4. The lowest BCUT2D eigenvalue weighted by atomic mass is 9.70. The van der Waals surface area contributed by atoms with Gasteiger partial charge in [-0.1, -0.05) is 24.4 Å². The Labute approximate surface area is 143 Å². The molecule has 0 bridgehead atoms. The molecule has 0 radical (unpaired) electrons. The number of carbonyl (C=O) groups excluding carboxylic acids is 2. The van der Waals surface area contributed by atoms with Gasteiger partial charge in [-0.15, -0.1) is 0 Å². The van der Waals surface area contributed by atoms with Crippen LogP contribution < -0.4 is 0 Å². The maximum Gasteiger partial charge on any atom is 0.410 e. The first-order valence-corrected chi connectivity index (χ1v) is 9.03. The van der Waals surface area contributed by atoms with E-state index in [1.165, 1.54) is 0 Å². The molecule has 0 aromatic heterocycles. The largest absolute Gasteiger partial charge is 0.449 e. The van der Waals surface area contributed by atoms with E-state index in [0.29, 0.717) is 13.1 Å². The van der Waals surface area contributed by atoms with Gasteiger partial charge in [0.2, 0.25) is 0 Å². The van der Waals surface area contributed by atoms with Crippen molar-refractivity contribution in [3.63, 3.8) is 0 Å². The van der Waals surface area contributed by atoms with E-state index < -0.39 is 11.0 Å². The molecule has 0 aromatic rings. The average Bonchev–Trinajstić information content (AvgIpc) is 2.97. The Morgan fingerprint density at radius 2 is 1.87 bits per heavy atom. The van der Waals surface area contributed by atoms with Crippen molar-refractivity contribution in [2.24, 2.45) is 11.3 Å². The Bertz CT molecular complexity index is 440. The summed E-state index contributed by atoms with van der Waals surface area (Å²) < 4.78 is 10.6. The molecule has 1 saturated heterocycles. The van der Waals surface area contributed by atoms with Gasteiger partial charge in [-0.2, -0.15) is 0 Å². The zero-order valence-corrected chi connectivity index (χ0v) is 15.2. The normalized spacial score (nSPS) is 24.3. The first-order chi connectivity index (χ1) is 10.8. The van der Waals surface area contributed by atoms with Gasteiger partial charge in [0.05, 0.1) is 5.41 Å². The number of piperidine rings is 1. The third-order valence-corrected chi connectivity index (χ3v) is 5.05. The second-order valence-electron chi connectivity index (χ2n) is 7.67. The van der Waals surface area contributed by atoms with E-state index in [0.717, 1.165) is 38.5 Å². The maximum atomic E-state index is 12.5. The maximum absolute atomic E-state index is 12.5. The van der Waals surface area contributed by atoms with Crippen molar-refractivity contribution in [2.45, 2.75) is 64.9 Å². The number of likely N-dealkylation sites (tertiary alicyclic amines) is 1. The smallest absolute Gasteiger partial charge is 0.410 e. The van der Waals surface area contributed by atoms with Crippen LogP contribution in [-0.2, 0) is 14.3 Å². The quantitative estimate of drug-likeness (QED) is 0.574. The van der Waals surface area contributed by atoms with E-state index in [1.54, 1.807) is 4.90 Å². The van der Waals surface area contributed by atoms with Gasteiger partial charge < -0.3 is 14.4 Å². The molecule has 0 aromatic carbocycles. The van der Waals surface area contributed by atoms with Crippen molar-refractivity contribution in [2.75, 3.05) is 19.2 Å².